The monoisotopic (exact) mass is 264 g/mol. The van der Waals surface area contributed by atoms with E-state index in [9.17, 15) is 5.11 Å². The van der Waals surface area contributed by atoms with Crippen LogP contribution in [0.4, 0.5) is 0 Å². The van der Waals surface area contributed by atoms with Gasteiger partial charge in [-0.25, -0.2) is 0 Å². The van der Waals surface area contributed by atoms with Crippen LogP contribution >= 0.6 is 0 Å². The molecule has 1 atom stereocenters. The number of likely N-dealkylation sites (N-methyl/N-ethyl adjacent to an activating group) is 1. The molecule has 0 aliphatic carbocycles. The summed E-state index contributed by atoms with van der Waals surface area (Å²) in [6.07, 6.45) is 1.14. The molecule has 19 heavy (non-hydrogen) atoms. The van der Waals surface area contributed by atoms with Gasteiger partial charge in [0.2, 0.25) is 0 Å². The van der Waals surface area contributed by atoms with Crippen molar-refractivity contribution in [2.24, 2.45) is 5.92 Å². The Hall–Kier alpha value is -1.06. The number of hydrogen-bond acceptors (Lipinski definition) is 3. The molecule has 3 nitrogen and oxygen atoms in total. The average Bonchev–Trinajstić information content (AvgIpc) is 2.28. The highest BCUT2D eigenvalue weighted by Gasteiger charge is 2.12. The Morgan fingerprint density at radius 3 is 2.53 bits per heavy atom. The SMILES string of the molecule is Cc1ccc(O)c(CNC(CC(C)C)CN(C)C)c1. The molecule has 0 aliphatic heterocycles. The van der Waals surface area contributed by atoms with E-state index in [1.807, 2.05) is 19.1 Å². The molecule has 2 N–H and O–H groups in total. The van der Waals surface area contributed by atoms with Crippen LogP contribution in [0.2, 0.25) is 0 Å². The van der Waals surface area contributed by atoms with Crippen LogP contribution in [0.5, 0.6) is 5.75 Å². The third-order valence-electron chi connectivity index (χ3n) is 3.16. The maximum atomic E-state index is 9.86. The molecule has 0 saturated heterocycles. The van der Waals surface area contributed by atoms with Crippen LogP contribution in [0.15, 0.2) is 18.2 Å². The molecule has 0 aromatic heterocycles. The number of benzene rings is 1. The molecular formula is C16H28N2O. The second-order valence-electron chi connectivity index (χ2n) is 6.10. The first kappa shape index (κ1) is 16.0. The summed E-state index contributed by atoms with van der Waals surface area (Å²) in [5, 5.41) is 13.4. The lowest BCUT2D eigenvalue weighted by molar-refractivity contribution is 0.304. The minimum atomic E-state index is 0.381. The van der Waals surface area contributed by atoms with Crippen LogP contribution in [-0.4, -0.2) is 36.7 Å². The van der Waals surface area contributed by atoms with E-state index >= 15 is 0 Å². The quantitative estimate of drug-likeness (QED) is 0.795. The number of nitrogens with one attached hydrogen (secondary N) is 1. The Morgan fingerprint density at radius 1 is 1.26 bits per heavy atom. The Bertz CT molecular complexity index is 378. The molecule has 1 unspecified atom stereocenters. The van der Waals surface area contributed by atoms with Crippen molar-refractivity contribution >= 4 is 0 Å². The van der Waals surface area contributed by atoms with Crippen LogP contribution in [0.1, 0.15) is 31.4 Å². The number of aromatic hydroxyl groups is 1. The number of phenolic OH excluding ortho intramolecular Hbond substituents is 1. The fourth-order valence-electron chi connectivity index (χ4n) is 2.34. The normalized spacial score (nSPS) is 13.2. The van der Waals surface area contributed by atoms with Crippen molar-refractivity contribution < 1.29 is 5.11 Å². The first-order chi connectivity index (χ1) is 8.88. The number of rotatable bonds is 7. The van der Waals surface area contributed by atoms with Crippen molar-refractivity contribution in [3.63, 3.8) is 0 Å². The van der Waals surface area contributed by atoms with Gasteiger partial charge in [0.25, 0.3) is 0 Å². The second kappa shape index (κ2) is 7.51. The predicted octanol–water partition coefficient (Wildman–Crippen LogP) is 2.77. The Balaban J connectivity index is 2.61. The van der Waals surface area contributed by atoms with Gasteiger partial charge in [-0.15, -0.1) is 0 Å². The summed E-state index contributed by atoms with van der Waals surface area (Å²) >= 11 is 0. The third-order valence-corrected chi connectivity index (χ3v) is 3.16. The lowest BCUT2D eigenvalue weighted by Gasteiger charge is -2.24. The minimum Gasteiger partial charge on any atom is -0.508 e. The molecule has 3 heteroatoms. The van der Waals surface area contributed by atoms with Crippen LogP contribution in [0, 0.1) is 12.8 Å². The lowest BCUT2D eigenvalue weighted by atomic mass is 10.0. The zero-order valence-electron chi connectivity index (χ0n) is 12.9. The van der Waals surface area contributed by atoms with E-state index in [1.54, 1.807) is 6.07 Å². The fourth-order valence-corrected chi connectivity index (χ4v) is 2.34. The molecule has 0 amide bonds. The van der Waals surface area contributed by atoms with Gasteiger partial charge in [-0.05, 0) is 39.4 Å². The molecule has 1 aromatic carbocycles. The predicted molar refractivity (Wildman–Crippen MR) is 81.5 cm³/mol. The van der Waals surface area contributed by atoms with Crippen LogP contribution in [0.25, 0.3) is 0 Å². The third kappa shape index (κ3) is 6.08. The summed E-state index contributed by atoms with van der Waals surface area (Å²) in [6, 6.07) is 6.21. The maximum Gasteiger partial charge on any atom is 0.120 e. The molecular weight excluding hydrogens is 236 g/mol. The van der Waals surface area contributed by atoms with Crippen molar-refractivity contribution in [3.8, 4) is 5.75 Å². The second-order valence-corrected chi connectivity index (χ2v) is 6.10. The van der Waals surface area contributed by atoms with Gasteiger partial charge in [-0.2, -0.15) is 0 Å². The number of hydrogen-bond donors (Lipinski definition) is 2. The van der Waals surface area contributed by atoms with Crippen LogP contribution in [-0.2, 0) is 6.54 Å². The summed E-state index contributed by atoms with van der Waals surface area (Å²) in [5.74, 6) is 1.05. The van der Waals surface area contributed by atoms with Crippen LogP contribution < -0.4 is 5.32 Å². The van der Waals surface area contributed by atoms with E-state index in [0.29, 0.717) is 17.7 Å². The van der Waals surface area contributed by atoms with Gasteiger partial charge in [0.1, 0.15) is 5.75 Å². The van der Waals surface area contributed by atoms with Crippen molar-refractivity contribution in [1.82, 2.24) is 10.2 Å². The van der Waals surface area contributed by atoms with Crippen molar-refractivity contribution in [2.45, 2.75) is 39.8 Å². The zero-order valence-corrected chi connectivity index (χ0v) is 12.9. The van der Waals surface area contributed by atoms with E-state index in [2.05, 4.69) is 38.2 Å². The van der Waals surface area contributed by atoms with Gasteiger partial charge in [-0.3, -0.25) is 0 Å². The van der Waals surface area contributed by atoms with E-state index < -0.39 is 0 Å². The molecule has 0 heterocycles. The first-order valence-electron chi connectivity index (χ1n) is 7.05. The highest BCUT2D eigenvalue weighted by Crippen LogP contribution is 2.18. The number of aryl methyl sites for hydroxylation is 1. The van der Waals surface area contributed by atoms with Gasteiger partial charge >= 0.3 is 0 Å². The molecule has 0 radical (unpaired) electrons. The fraction of sp³-hybridized carbons (Fsp3) is 0.625. The summed E-state index contributed by atoms with van der Waals surface area (Å²) in [6.45, 7) is 8.28. The zero-order chi connectivity index (χ0) is 14.4. The molecule has 0 aliphatic rings. The van der Waals surface area contributed by atoms with Gasteiger partial charge < -0.3 is 15.3 Å². The maximum absolute atomic E-state index is 9.86. The summed E-state index contributed by atoms with van der Waals surface area (Å²) in [5.41, 5.74) is 2.16. The molecule has 0 saturated carbocycles. The van der Waals surface area contributed by atoms with E-state index in [-0.39, 0.29) is 0 Å². The molecule has 0 fully saturated rings. The van der Waals surface area contributed by atoms with Gasteiger partial charge in [-0.1, -0.05) is 31.5 Å². The summed E-state index contributed by atoms with van der Waals surface area (Å²) < 4.78 is 0. The minimum absolute atomic E-state index is 0.381. The Kier molecular flexibility index (Phi) is 6.32. The Labute approximate surface area is 117 Å². The highest BCUT2D eigenvalue weighted by molar-refractivity contribution is 5.35. The van der Waals surface area contributed by atoms with E-state index in [4.69, 9.17) is 0 Å². The first-order valence-corrected chi connectivity index (χ1v) is 7.05. The van der Waals surface area contributed by atoms with Crippen molar-refractivity contribution in [2.75, 3.05) is 20.6 Å². The number of nitrogens with zero attached hydrogens (tertiary/aromatic N) is 1. The average molecular weight is 264 g/mol. The smallest absolute Gasteiger partial charge is 0.120 e. The summed E-state index contributed by atoms with van der Waals surface area (Å²) in [7, 11) is 4.19. The van der Waals surface area contributed by atoms with Crippen LogP contribution in [0.3, 0.4) is 0 Å². The lowest BCUT2D eigenvalue weighted by Crippen LogP contribution is -2.38. The van der Waals surface area contributed by atoms with Crippen molar-refractivity contribution in [3.05, 3.63) is 29.3 Å². The van der Waals surface area contributed by atoms with Gasteiger partial charge in [0.15, 0.2) is 0 Å². The largest absolute Gasteiger partial charge is 0.508 e. The molecule has 0 bridgehead atoms. The van der Waals surface area contributed by atoms with Crippen molar-refractivity contribution in [1.29, 1.82) is 0 Å². The molecule has 1 rings (SSSR count). The number of phenols is 1. The topological polar surface area (TPSA) is 35.5 Å². The molecule has 1 aromatic rings. The summed E-state index contributed by atoms with van der Waals surface area (Å²) in [4.78, 5) is 2.20. The molecule has 108 valence electrons. The Morgan fingerprint density at radius 2 is 1.95 bits per heavy atom. The standard InChI is InChI=1S/C16H28N2O/c1-12(2)8-15(11-18(4)5)17-10-14-9-13(3)6-7-16(14)19/h6-7,9,12,15,17,19H,8,10-11H2,1-5H3. The van der Waals surface area contributed by atoms with Gasteiger partial charge in [0.05, 0.1) is 0 Å². The van der Waals surface area contributed by atoms with E-state index in [0.717, 1.165) is 25.1 Å². The van der Waals surface area contributed by atoms with Gasteiger partial charge in [0, 0.05) is 24.7 Å². The van der Waals surface area contributed by atoms with E-state index in [1.165, 1.54) is 5.56 Å². The highest BCUT2D eigenvalue weighted by atomic mass is 16.3. The molecule has 0 spiro atoms.